The quantitative estimate of drug-likeness (QED) is 0.842. The zero-order valence-electron chi connectivity index (χ0n) is 12.0. The van der Waals surface area contributed by atoms with E-state index in [4.69, 9.17) is 9.47 Å². The second kappa shape index (κ2) is 4.58. The van der Waals surface area contributed by atoms with Crippen LogP contribution in [-0.2, 0) is 21.7 Å². The molecule has 1 saturated heterocycles. The summed E-state index contributed by atoms with van der Waals surface area (Å²) in [6, 6.07) is 8.49. The minimum absolute atomic E-state index is 0.147. The lowest BCUT2D eigenvalue weighted by Gasteiger charge is -2.51. The van der Waals surface area contributed by atoms with Crippen LogP contribution in [0.15, 0.2) is 24.3 Å². The largest absolute Gasteiger partial charge is 0.373 e. The van der Waals surface area contributed by atoms with Crippen LogP contribution in [0.25, 0.3) is 0 Å². The minimum atomic E-state index is -0.327. The molecule has 1 N–H and O–H groups in total. The molecule has 2 heterocycles. The minimum Gasteiger partial charge on any atom is -0.373 e. The van der Waals surface area contributed by atoms with Crippen LogP contribution in [0.5, 0.6) is 0 Å². The summed E-state index contributed by atoms with van der Waals surface area (Å²) >= 11 is 0. The van der Waals surface area contributed by atoms with Gasteiger partial charge in [0.25, 0.3) is 0 Å². The summed E-state index contributed by atoms with van der Waals surface area (Å²) in [4.78, 5) is 0. The molecule has 0 radical (unpaired) electrons. The molecule has 0 bridgehead atoms. The van der Waals surface area contributed by atoms with E-state index in [1.54, 1.807) is 0 Å². The number of nitrogens with one attached hydrogen (secondary N) is 1. The fourth-order valence-electron chi connectivity index (χ4n) is 3.08. The molecule has 2 atom stereocenters. The first kappa shape index (κ1) is 13.1. The summed E-state index contributed by atoms with van der Waals surface area (Å²) in [6.45, 7) is 9.69. The monoisotopic (exact) mass is 261 g/mol. The Hall–Kier alpha value is -0.900. The summed E-state index contributed by atoms with van der Waals surface area (Å²) in [7, 11) is 0. The highest BCUT2D eigenvalue weighted by molar-refractivity contribution is 5.35. The number of ether oxygens (including phenoxy) is 2. The lowest BCUT2D eigenvalue weighted by Crippen LogP contribution is -2.62. The summed E-state index contributed by atoms with van der Waals surface area (Å²) < 4.78 is 12.4. The van der Waals surface area contributed by atoms with Crippen LogP contribution in [-0.4, -0.2) is 25.3 Å². The smallest absolute Gasteiger partial charge is 0.130 e. The van der Waals surface area contributed by atoms with Crippen LogP contribution in [0.3, 0.4) is 0 Å². The molecule has 2 aliphatic rings. The molecule has 0 aromatic heterocycles. The van der Waals surface area contributed by atoms with Crippen molar-refractivity contribution in [3.8, 4) is 0 Å². The molecule has 3 heteroatoms. The third kappa shape index (κ3) is 2.10. The molecule has 3 rings (SSSR count). The summed E-state index contributed by atoms with van der Waals surface area (Å²) in [5.41, 5.74) is 2.07. The predicted octanol–water partition coefficient (Wildman–Crippen LogP) is 2.45. The van der Waals surface area contributed by atoms with Gasteiger partial charge in [-0.3, -0.25) is 0 Å². The van der Waals surface area contributed by atoms with E-state index < -0.39 is 0 Å². The Bertz CT molecular complexity index is 474. The van der Waals surface area contributed by atoms with Crippen molar-refractivity contribution in [2.24, 2.45) is 5.92 Å². The van der Waals surface area contributed by atoms with Gasteiger partial charge in [-0.05, 0) is 24.0 Å². The lowest BCUT2D eigenvalue weighted by atomic mass is 9.82. The molecule has 0 aliphatic carbocycles. The van der Waals surface area contributed by atoms with Crippen molar-refractivity contribution < 1.29 is 9.47 Å². The van der Waals surface area contributed by atoms with Crippen LogP contribution >= 0.6 is 0 Å². The Labute approximate surface area is 115 Å². The number of benzene rings is 1. The first-order valence-corrected chi connectivity index (χ1v) is 7.13. The number of hydrogen-bond acceptors (Lipinski definition) is 3. The highest BCUT2D eigenvalue weighted by Crippen LogP contribution is 2.40. The molecule has 19 heavy (non-hydrogen) atoms. The van der Waals surface area contributed by atoms with Gasteiger partial charge >= 0.3 is 0 Å². The molecule has 0 amide bonds. The fourth-order valence-corrected chi connectivity index (χ4v) is 3.08. The van der Waals surface area contributed by atoms with E-state index in [-0.39, 0.29) is 11.2 Å². The fraction of sp³-hybridized carbons (Fsp3) is 0.625. The maximum atomic E-state index is 6.60. The van der Waals surface area contributed by atoms with E-state index in [1.165, 1.54) is 11.1 Å². The molecular formula is C16H23NO2. The zero-order valence-corrected chi connectivity index (χ0v) is 12.0. The van der Waals surface area contributed by atoms with E-state index in [2.05, 4.69) is 50.4 Å². The van der Waals surface area contributed by atoms with E-state index >= 15 is 0 Å². The van der Waals surface area contributed by atoms with Crippen molar-refractivity contribution in [3.05, 3.63) is 35.4 Å². The third-order valence-electron chi connectivity index (χ3n) is 4.64. The van der Waals surface area contributed by atoms with Gasteiger partial charge in [0.1, 0.15) is 5.60 Å². The summed E-state index contributed by atoms with van der Waals surface area (Å²) in [5, 5.41) is 3.55. The molecular weight excluding hydrogens is 238 g/mol. The van der Waals surface area contributed by atoms with E-state index in [9.17, 15) is 0 Å². The molecule has 1 aromatic carbocycles. The first-order valence-electron chi connectivity index (χ1n) is 7.13. The van der Waals surface area contributed by atoms with E-state index in [0.717, 1.165) is 13.1 Å². The molecule has 1 aromatic rings. The molecule has 0 saturated carbocycles. The van der Waals surface area contributed by atoms with Crippen molar-refractivity contribution >= 4 is 0 Å². The van der Waals surface area contributed by atoms with Gasteiger partial charge < -0.3 is 14.8 Å². The highest BCUT2D eigenvalue weighted by Gasteiger charge is 2.48. The Kier molecular flexibility index (Phi) is 3.16. The van der Waals surface area contributed by atoms with Gasteiger partial charge in [-0.1, -0.05) is 38.1 Å². The molecule has 2 aliphatic heterocycles. The summed E-state index contributed by atoms with van der Waals surface area (Å²) in [6.07, 6.45) is 0. The van der Waals surface area contributed by atoms with Gasteiger partial charge in [-0.2, -0.15) is 0 Å². The Morgan fingerprint density at radius 1 is 1.21 bits per heavy atom. The normalized spacial score (nSPS) is 34.5. The van der Waals surface area contributed by atoms with Gasteiger partial charge in [0.15, 0.2) is 0 Å². The van der Waals surface area contributed by atoms with Crippen LogP contribution < -0.4 is 5.32 Å². The molecule has 1 spiro atoms. The van der Waals surface area contributed by atoms with Gasteiger partial charge in [0.05, 0.1) is 18.8 Å². The lowest BCUT2D eigenvalue weighted by molar-refractivity contribution is -0.223. The first-order chi connectivity index (χ1) is 9.06. The third-order valence-corrected chi connectivity index (χ3v) is 4.64. The van der Waals surface area contributed by atoms with Gasteiger partial charge in [0, 0.05) is 13.1 Å². The molecule has 104 valence electrons. The van der Waals surface area contributed by atoms with Crippen molar-refractivity contribution in [1.82, 2.24) is 5.32 Å². The highest BCUT2D eigenvalue weighted by atomic mass is 16.6. The van der Waals surface area contributed by atoms with Crippen molar-refractivity contribution in [2.75, 3.05) is 19.7 Å². The maximum absolute atomic E-state index is 6.60. The van der Waals surface area contributed by atoms with Crippen LogP contribution in [0, 0.1) is 5.92 Å². The molecule has 3 nitrogen and oxygen atoms in total. The molecule has 2 unspecified atom stereocenters. The van der Waals surface area contributed by atoms with Crippen LogP contribution in [0.4, 0.5) is 0 Å². The second-order valence-corrected chi connectivity index (χ2v) is 6.32. The number of hydrogen-bond donors (Lipinski definition) is 1. The zero-order chi connectivity index (χ0) is 13.5. The van der Waals surface area contributed by atoms with Crippen molar-refractivity contribution in [3.63, 3.8) is 0 Å². The van der Waals surface area contributed by atoms with Gasteiger partial charge in [0.2, 0.25) is 0 Å². The Balaban J connectivity index is 2.00. The van der Waals surface area contributed by atoms with E-state index in [0.29, 0.717) is 19.1 Å². The Morgan fingerprint density at radius 2 is 2.00 bits per heavy atom. The standard InChI is InChI=1S/C16H23NO2/c1-12(2)15(3)9-17-10-16(19-15)11-18-8-13-6-4-5-7-14(13)16/h4-7,12,17H,8-11H2,1-3H3. The topological polar surface area (TPSA) is 30.5 Å². The average molecular weight is 261 g/mol. The van der Waals surface area contributed by atoms with Gasteiger partial charge in [-0.25, -0.2) is 0 Å². The second-order valence-electron chi connectivity index (χ2n) is 6.32. The van der Waals surface area contributed by atoms with Crippen molar-refractivity contribution in [2.45, 2.75) is 38.6 Å². The average Bonchev–Trinajstić information content (AvgIpc) is 2.39. The SMILES string of the molecule is CC(C)C1(C)CNCC2(COCc3ccccc32)O1. The van der Waals surface area contributed by atoms with Crippen LogP contribution in [0.2, 0.25) is 0 Å². The maximum Gasteiger partial charge on any atom is 0.130 e. The van der Waals surface area contributed by atoms with Gasteiger partial charge in [-0.15, -0.1) is 0 Å². The number of rotatable bonds is 1. The summed E-state index contributed by atoms with van der Waals surface area (Å²) in [5.74, 6) is 0.464. The molecule has 1 fully saturated rings. The predicted molar refractivity (Wildman–Crippen MR) is 75.0 cm³/mol. The van der Waals surface area contributed by atoms with Crippen LogP contribution in [0.1, 0.15) is 31.9 Å². The van der Waals surface area contributed by atoms with E-state index in [1.807, 2.05) is 0 Å². The number of fused-ring (bicyclic) bond motifs is 2. The Morgan fingerprint density at radius 3 is 2.79 bits per heavy atom. The number of morpholine rings is 1. The van der Waals surface area contributed by atoms with Crippen molar-refractivity contribution in [1.29, 1.82) is 0 Å².